The van der Waals surface area contributed by atoms with Crippen LogP contribution in [0.4, 0.5) is 5.69 Å². The lowest BCUT2D eigenvalue weighted by Gasteiger charge is -2.39. The molecule has 1 heterocycles. The normalized spacial score (nSPS) is 18.1. The molecule has 3 aromatic rings. The standard InChI is InChI=1S/C33H42N2O3Si/c1-8-22-33(34-29(26-14-10-9-11-15-26)24-38-39(6,7)32(2,3)4)28-16-12-13-17-30(28)35(31(33)36)23-25-18-20-27(37-5)21-19-25/h8-21,29,34H,1,22-24H2,2-7H3/t29-,33-/m0/s1. The van der Waals surface area contributed by atoms with Crippen molar-refractivity contribution in [2.45, 2.75) is 63.4 Å². The average Bonchev–Trinajstić information content (AvgIpc) is 3.14. The van der Waals surface area contributed by atoms with Gasteiger partial charge in [-0.05, 0) is 53.9 Å². The number of benzene rings is 3. The van der Waals surface area contributed by atoms with E-state index >= 15 is 0 Å². The predicted molar refractivity (Wildman–Crippen MR) is 163 cm³/mol. The maximum atomic E-state index is 14.5. The van der Waals surface area contributed by atoms with Crippen LogP contribution in [-0.4, -0.2) is 27.9 Å². The Kier molecular flexibility index (Phi) is 8.50. The van der Waals surface area contributed by atoms with Gasteiger partial charge in [0.25, 0.3) is 5.91 Å². The van der Waals surface area contributed by atoms with Gasteiger partial charge < -0.3 is 14.1 Å². The van der Waals surface area contributed by atoms with E-state index in [0.29, 0.717) is 19.6 Å². The van der Waals surface area contributed by atoms with E-state index in [1.54, 1.807) is 7.11 Å². The number of fused-ring (bicyclic) bond motifs is 1. The maximum Gasteiger partial charge on any atom is 0.252 e. The fourth-order valence-electron chi connectivity index (χ4n) is 4.92. The maximum absolute atomic E-state index is 14.5. The molecule has 0 fully saturated rings. The molecule has 0 bridgehead atoms. The van der Waals surface area contributed by atoms with Gasteiger partial charge in [-0.1, -0.05) is 87.5 Å². The zero-order valence-corrected chi connectivity index (χ0v) is 25.2. The van der Waals surface area contributed by atoms with E-state index in [1.807, 2.05) is 71.6 Å². The highest BCUT2D eigenvalue weighted by molar-refractivity contribution is 6.74. The summed E-state index contributed by atoms with van der Waals surface area (Å²) in [5.74, 6) is 0.815. The number of carbonyl (C=O) groups is 1. The molecule has 5 nitrogen and oxygen atoms in total. The monoisotopic (exact) mass is 542 g/mol. The van der Waals surface area contributed by atoms with Gasteiger partial charge in [0.05, 0.1) is 26.3 Å². The summed E-state index contributed by atoms with van der Waals surface area (Å²) < 4.78 is 12.0. The van der Waals surface area contributed by atoms with Gasteiger partial charge in [0.2, 0.25) is 0 Å². The Morgan fingerprint density at radius 2 is 1.64 bits per heavy atom. The van der Waals surface area contributed by atoms with Crippen molar-refractivity contribution < 1.29 is 14.0 Å². The van der Waals surface area contributed by atoms with Crippen molar-refractivity contribution >= 4 is 19.9 Å². The molecule has 2 atom stereocenters. The summed E-state index contributed by atoms with van der Waals surface area (Å²) in [7, 11) is -0.371. The molecule has 206 valence electrons. The first-order valence-corrected chi connectivity index (χ1v) is 16.5. The molecule has 0 spiro atoms. The number of hydrogen-bond donors (Lipinski definition) is 1. The second-order valence-corrected chi connectivity index (χ2v) is 16.6. The van der Waals surface area contributed by atoms with Gasteiger partial charge >= 0.3 is 0 Å². The number of para-hydroxylation sites is 1. The molecule has 39 heavy (non-hydrogen) atoms. The smallest absolute Gasteiger partial charge is 0.252 e. The molecule has 1 aliphatic heterocycles. The molecule has 0 aromatic heterocycles. The second kappa shape index (κ2) is 11.5. The van der Waals surface area contributed by atoms with Gasteiger partial charge in [0.15, 0.2) is 8.32 Å². The SMILES string of the molecule is C=CC[C@@]1(N[C@@H](CO[Si](C)(C)C(C)(C)C)c2ccccc2)C(=O)N(Cc2ccc(OC)cc2)c2ccccc21. The minimum absolute atomic E-state index is 0.0210. The summed E-state index contributed by atoms with van der Waals surface area (Å²) in [5.41, 5.74) is 3.07. The highest BCUT2D eigenvalue weighted by Crippen LogP contribution is 2.45. The zero-order valence-electron chi connectivity index (χ0n) is 24.2. The van der Waals surface area contributed by atoms with Gasteiger partial charge in [-0.15, -0.1) is 6.58 Å². The molecule has 1 N–H and O–H groups in total. The Balaban J connectivity index is 1.73. The minimum Gasteiger partial charge on any atom is -0.497 e. The lowest BCUT2D eigenvalue weighted by Crippen LogP contribution is -2.53. The Hall–Kier alpha value is -3.19. The van der Waals surface area contributed by atoms with E-state index in [0.717, 1.165) is 28.1 Å². The summed E-state index contributed by atoms with van der Waals surface area (Å²) in [6, 6.07) is 26.1. The minimum atomic E-state index is -2.03. The van der Waals surface area contributed by atoms with Crippen LogP contribution in [0.1, 0.15) is 49.9 Å². The molecule has 1 aliphatic rings. The molecule has 3 aromatic carbocycles. The Labute approximate surface area is 235 Å². The van der Waals surface area contributed by atoms with Crippen molar-refractivity contribution in [3.8, 4) is 5.75 Å². The van der Waals surface area contributed by atoms with E-state index in [-0.39, 0.29) is 17.0 Å². The summed E-state index contributed by atoms with van der Waals surface area (Å²) in [6.45, 7) is 16.3. The number of nitrogens with one attached hydrogen (secondary N) is 1. The van der Waals surface area contributed by atoms with Crippen molar-refractivity contribution in [2.24, 2.45) is 0 Å². The summed E-state index contributed by atoms with van der Waals surface area (Å²) >= 11 is 0. The number of hydrogen-bond acceptors (Lipinski definition) is 4. The van der Waals surface area contributed by atoms with Crippen LogP contribution in [0, 0.1) is 0 Å². The number of rotatable bonds is 11. The number of anilines is 1. The number of carbonyl (C=O) groups excluding carboxylic acids is 1. The summed E-state index contributed by atoms with van der Waals surface area (Å²) in [4.78, 5) is 16.4. The molecular formula is C33H42N2O3Si. The molecule has 0 unspecified atom stereocenters. The molecule has 0 saturated carbocycles. The van der Waals surface area contributed by atoms with Crippen LogP contribution in [0.2, 0.25) is 18.1 Å². The third kappa shape index (κ3) is 5.88. The lowest BCUT2D eigenvalue weighted by molar-refractivity contribution is -0.125. The Bertz CT molecular complexity index is 1280. The first-order valence-electron chi connectivity index (χ1n) is 13.6. The van der Waals surface area contributed by atoms with E-state index in [2.05, 4.69) is 64.0 Å². The molecule has 1 amide bonds. The molecule has 6 heteroatoms. The van der Waals surface area contributed by atoms with Crippen LogP contribution in [0.25, 0.3) is 0 Å². The number of methoxy groups -OCH3 is 1. The van der Waals surface area contributed by atoms with Crippen molar-refractivity contribution in [3.63, 3.8) is 0 Å². The van der Waals surface area contributed by atoms with Crippen LogP contribution in [-0.2, 0) is 21.3 Å². The van der Waals surface area contributed by atoms with Gasteiger partial charge in [-0.2, -0.15) is 0 Å². The predicted octanol–water partition coefficient (Wildman–Crippen LogP) is 7.37. The molecule has 0 radical (unpaired) electrons. The van der Waals surface area contributed by atoms with Crippen molar-refractivity contribution in [1.82, 2.24) is 5.32 Å². The van der Waals surface area contributed by atoms with E-state index < -0.39 is 13.9 Å². The van der Waals surface area contributed by atoms with Crippen LogP contribution < -0.4 is 15.0 Å². The lowest BCUT2D eigenvalue weighted by atomic mass is 9.86. The number of ether oxygens (including phenoxy) is 1. The van der Waals surface area contributed by atoms with Gasteiger partial charge in [0.1, 0.15) is 11.3 Å². The van der Waals surface area contributed by atoms with Crippen molar-refractivity contribution in [2.75, 3.05) is 18.6 Å². The molecular weight excluding hydrogens is 500 g/mol. The second-order valence-electron chi connectivity index (χ2n) is 11.8. The van der Waals surface area contributed by atoms with E-state index in [9.17, 15) is 4.79 Å². The fourth-order valence-corrected chi connectivity index (χ4v) is 5.94. The van der Waals surface area contributed by atoms with Gasteiger partial charge in [0, 0.05) is 11.3 Å². The summed E-state index contributed by atoms with van der Waals surface area (Å²) in [6.07, 6.45) is 2.31. The highest BCUT2D eigenvalue weighted by Gasteiger charge is 2.51. The molecule has 0 aliphatic carbocycles. The Morgan fingerprint density at radius 1 is 1.00 bits per heavy atom. The van der Waals surface area contributed by atoms with Crippen LogP contribution >= 0.6 is 0 Å². The summed E-state index contributed by atoms with van der Waals surface area (Å²) in [5, 5.41) is 3.91. The van der Waals surface area contributed by atoms with E-state index in [4.69, 9.17) is 9.16 Å². The van der Waals surface area contributed by atoms with Crippen LogP contribution in [0.15, 0.2) is 91.5 Å². The highest BCUT2D eigenvalue weighted by atomic mass is 28.4. The number of nitrogens with zero attached hydrogens (tertiary/aromatic N) is 1. The Morgan fingerprint density at radius 3 is 2.26 bits per heavy atom. The first-order chi connectivity index (χ1) is 18.5. The van der Waals surface area contributed by atoms with Gasteiger partial charge in [-0.3, -0.25) is 10.1 Å². The largest absolute Gasteiger partial charge is 0.497 e. The van der Waals surface area contributed by atoms with Gasteiger partial charge in [-0.25, -0.2) is 0 Å². The molecule has 0 saturated heterocycles. The quantitative estimate of drug-likeness (QED) is 0.203. The first kappa shape index (κ1) is 28.8. The number of amides is 1. The fraction of sp³-hybridized carbons (Fsp3) is 0.364. The third-order valence-corrected chi connectivity index (χ3v) is 12.8. The topological polar surface area (TPSA) is 50.8 Å². The molecule has 4 rings (SSSR count). The average molecular weight is 543 g/mol. The van der Waals surface area contributed by atoms with Crippen molar-refractivity contribution in [3.05, 3.63) is 108 Å². The van der Waals surface area contributed by atoms with Crippen LogP contribution in [0.3, 0.4) is 0 Å². The third-order valence-electron chi connectivity index (χ3n) is 8.25. The zero-order chi connectivity index (χ0) is 28.3. The van der Waals surface area contributed by atoms with Crippen LogP contribution in [0.5, 0.6) is 5.75 Å². The van der Waals surface area contributed by atoms with E-state index in [1.165, 1.54) is 0 Å². The van der Waals surface area contributed by atoms with Crippen molar-refractivity contribution in [1.29, 1.82) is 0 Å².